The molecule has 4 amide bonds. The zero-order valence-corrected chi connectivity index (χ0v) is 42.4. The molecule has 19 heteroatoms. The van der Waals surface area contributed by atoms with E-state index in [0.29, 0.717) is 50.4 Å². The summed E-state index contributed by atoms with van der Waals surface area (Å²) >= 11 is 1.43. The highest BCUT2D eigenvalue weighted by molar-refractivity contribution is 7.59. The number of nitrogens with one attached hydrogen (secondary N) is 2. The molecule has 4 aromatic rings. The van der Waals surface area contributed by atoms with Crippen molar-refractivity contribution in [2.24, 2.45) is 11.3 Å². The van der Waals surface area contributed by atoms with Crippen LogP contribution >= 0.6 is 65.3 Å². The van der Waals surface area contributed by atoms with Crippen molar-refractivity contribution in [3.8, 4) is 22.5 Å². The van der Waals surface area contributed by atoms with Gasteiger partial charge in [-0.25, -0.2) is 15.2 Å². The minimum atomic E-state index is -1.02. The molecule has 6 bridgehead atoms. The number of fused-ring (bicyclic) bond motifs is 6. The number of carbonyl (C=O) groups excluding carboxylic acids is 4. The molecule has 2 saturated heterocycles. The molecule has 3 aromatic heterocycles. The average molecular weight is 963 g/mol. The summed E-state index contributed by atoms with van der Waals surface area (Å²) in [6, 6.07) is 7.67. The number of cyclic esters (lactones) is 1. The Hall–Kier alpha value is -3.46. The van der Waals surface area contributed by atoms with E-state index in [9.17, 15) is 19.2 Å². The minimum absolute atomic E-state index is 0. The van der Waals surface area contributed by atoms with E-state index < -0.39 is 35.4 Å². The van der Waals surface area contributed by atoms with Gasteiger partial charge in [0.25, 0.3) is 5.91 Å². The standard InChI is InChI=1S/C44H58N8O6S.4H2S/c1-9-51-35-16-15-28-21-30(35)31(39(51)29-13-10-17-45-37(29)27(4)57-8)23-44(5,6)25-58-42(55)32-14-11-20-52(48-32)41(54)33(22-36-46-34(28)24-59-36)47-40(53)38(26(2)3)49(7)43(56)50-18-12-19-50;;;;/h10,13,15-17,21,24,26-27,32-33,38,48H,9,11-12,14,18-20,22-23,25H2,1-8H3,(H,47,53);4*1H2/t27-,32-,33-,38-;;;;/m0..../s1. The maximum atomic E-state index is 14.4. The largest absolute Gasteiger partial charge is 0.464 e. The van der Waals surface area contributed by atoms with E-state index in [2.05, 4.69) is 60.3 Å². The molecule has 2 fully saturated rings. The Bertz CT molecular complexity index is 2230. The number of ether oxygens (including phenoxy) is 2. The van der Waals surface area contributed by atoms with Crippen LogP contribution < -0.4 is 10.7 Å². The van der Waals surface area contributed by atoms with Crippen LogP contribution in [0.15, 0.2) is 41.9 Å². The summed E-state index contributed by atoms with van der Waals surface area (Å²) in [6.07, 6.45) is 4.27. The van der Waals surface area contributed by atoms with Gasteiger partial charge in [-0.05, 0) is 75.3 Å². The number of methoxy groups -OCH3 is 1. The molecule has 63 heavy (non-hydrogen) atoms. The highest BCUT2D eigenvalue weighted by Gasteiger charge is 2.39. The lowest BCUT2D eigenvalue weighted by Crippen LogP contribution is -2.62. The van der Waals surface area contributed by atoms with Crippen LogP contribution in [-0.2, 0) is 43.2 Å². The molecule has 0 spiro atoms. The summed E-state index contributed by atoms with van der Waals surface area (Å²) in [4.78, 5) is 68.7. The molecule has 4 atom stereocenters. The van der Waals surface area contributed by atoms with Gasteiger partial charge in [-0.15, -0.1) is 11.3 Å². The first-order valence-electron chi connectivity index (χ1n) is 20.9. The number of aromatic nitrogens is 3. The maximum Gasteiger partial charge on any atom is 0.324 e. The molecule has 14 nitrogen and oxygen atoms in total. The molecule has 7 rings (SSSR count). The molecule has 6 heterocycles. The van der Waals surface area contributed by atoms with Crippen molar-refractivity contribution in [1.29, 1.82) is 0 Å². The van der Waals surface area contributed by atoms with E-state index >= 15 is 0 Å². The Morgan fingerprint density at radius 2 is 1.81 bits per heavy atom. The number of urea groups is 1. The Morgan fingerprint density at radius 3 is 2.46 bits per heavy atom. The van der Waals surface area contributed by atoms with E-state index in [1.54, 1.807) is 25.3 Å². The highest BCUT2D eigenvalue weighted by atomic mass is 32.1. The first-order chi connectivity index (χ1) is 28.2. The third kappa shape index (κ3) is 11.3. The summed E-state index contributed by atoms with van der Waals surface area (Å²) in [7, 11) is 3.33. The Balaban J connectivity index is 0.00000264. The Morgan fingerprint density at radius 1 is 1.08 bits per heavy atom. The second kappa shape index (κ2) is 22.6. The molecule has 2 N–H and O–H groups in total. The van der Waals surface area contributed by atoms with E-state index in [1.807, 2.05) is 32.2 Å². The van der Waals surface area contributed by atoms with Crippen molar-refractivity contribution >= 4 is 100 Å². The van der Waals surface area contributed by atoms with Crippen LogP contribution in [0.2, 0.25) is 0 Å². The second-order valence-corrected chi connectivity index (χ2v) is 18.1. The van der Waals surface area contributed by atoms with Gasteiger partial charge in [0.1, 0.15) is 18.1 Å². The lowest BCUT2D eigenvalue weighted by molar-refractivity contribution is -0.155. The lowest BCUT2D eigenvalue weighted by atomic mass is 9.84. The fourth-order valence-corrected chi connectivity index (χ4v) is 9.45. The first kappa shape index (κ1) is 53.9. The molecular formula is C44H66N8O6S5. The number of pyridine rings is 1. The molecule has 348 valence electrons. The maximum absolute atomic E-state index is 14.4. The van der Waals surface area contributed by atoms with Crippen molar-refractivity contribution in [1.82, 2.24) is 40.1 Å². The number of nitrogens with zero attached hydrogens (tertiary/aromatic N) is 6. The van der Waals surface area contributed by atoms with Gasteiger partial charge in [0.15, 0.2) is 0 Å². The van der Waals surface area contributed by atoms with Crippen LogP contribution in [0.5, 0.6) is 0 Å². The fraction of sp³-hybridized carbons (Fsp3) is 0.545. The molecule has 0 saturated carbocycles. The third-order valence-corrected chi connectivity index (χ3v) is 12.8. The summed E-state index contributed by atoms with van der Waals surface area (Å²) in [5.41, 5.74) is 9.41. The van der Waals surface area contributed by atoms with Gasteiger partial charge in [-0.1, -0.05) is 33.8 Å². The van der Waals surface area contributed by atoms with E-state index in [1.165, 1.54) is 21.2 Å². The summed E-state index contributed by atoms with van der Waals surface area (Å²) in [6.45, 7) is 14.7. The minimum Gasteiger partial charge on any atom is -0.464 e. The van der Waals surface area contributed by atoms with Gasteiger partial charge in [-0.2, -0.15) is 54.0 Å². The number of esters is 1. The molecular weight excluding hydrogens is 897 g/mol. The number of benzene rings is 1. The summed E-state index contributed by atoms with van der Waals surface area (Å²) in [5, 5.41) is 8.19. The molecule has 3 aliphatic heterocycles. The predicted molar refractivity (Wildman–Crippen MR) is 269 cm³/mol. The van der Waals surface area contributed by atoms with E-state index in [-0.39, 0.29) is 91.0 Å². The van der Waals surface area contributed by atoms with Crippen LogP contribution in [0.25, 0.3) is 33.4 Å². The summed E-state index contributed by atoms with van der Waals surface area (Å²) < 4.78 is 14.2. The predicted octanol–water partition coefficient (Wildman–Crippen LogP) is 6.44. The molecule has 3 aliphatic rings. The number of hydrazine groups is 1. The monoisotopic (exact) mass is 962 g/mol. The van der Waals surface area contributed by atoms with Gasteiger partial charge >= 0.3 is 12.0 Å². The van der Waals surface area contributed by atoms with Gasteiger partial charge in [0.05, 0.1) is 34.8 Å². The van der Waals surface area contributed by atoms with Gasteiger partial charge in [-0.3, -0.25) is 24.4 Å². The number of thiazole rings is 1. The van der Waals surface area contributed by atoms with Crippen molar-refractivity contribution in [2.75, 3.05) is 40.4 Å². The zero-order valence-electron chi connectivity index (χ0n) is 37.5. The highest BCUT2D eigenvalue weighted by Crippen LogP contribution is 2.42. The number of hydrogen-bond acceptors (Lipinski definition) is 10. The van der Waals surface area contributed by atoms with Crippen molar-refractivity contribution in [3.05, 3.63) is 58.2 Å². The van der Waals surface area contributed by atoms with Crippen molar-refractivity contribution < 1.29 is 28.7 Å². The van der Waals surface area contributed by atoms with Crippen LogP contribution in [0.1, 0.15) is 83.2 Å². The number of carbonyl (C=O) groups is 4. The van der Waals surface area contributed by atoms with E-state index in [4.69, 9.17) is 19.4 Å². The smallest absolute Gasteiger partial charge is 0.324 e. The van der Waals surface area contributed by atoms with Crippen LogP contribution in [0.4, 0.5) is 4.79 Å². The van der Waals surface area contributed by atoms with Crippen LogP contribution in [0, 0.1) is 11.3 Å². The third-order valence-electron chi connectivity index (χ3n) is 11.9. The lowest BCUT2D eigenvalue weighted by Gasteiger charge is -2.39. The molecule has 0 unspecified atom stereocenters. The summed E-state index contributed by atoms with van der Waals surface area (Å²) in [5.74, 6) is -1.46. The number of amides is 4. The SMILES string of the molecule is CCn1c(-c2cccnc2[C@H](C)OC)c2c3cc(ccc31)-c1csc(n1)C[C@H](NC(=O)[C@H](C(C)C)N(C)C(=O)N1CCC1)C(=O)N1CCC[C@H](N1)C(=O)OCC(C)(C)C2.S.S.S.S. The molecule has 0 aliphatic carbocycles. The topological polar surface area (TPSA) is 151 Å². The quantitative estimate of drug-likeness (QED) is 0.191. The van der Waals surface area contributed by atoms with Gasteiger partial charge in [0.2, 0.25) is 5.91 Å². The molecule has 1 aromatic carbocycles. The first-order valence-corrected chi connectivity index (χ1v) is 21.7. The normalized spacial score (nSPS) is 19.4. The number of aryl methyl sites for hydroxylation is 1. The zero-order chi connectivity index (χ0) is 42.2. The average Bonchev–Trinajstić information content (AvgIpc) is 3.79. The number of hydrogen-bond donors (Lipinski definition) is 2. The fourth-order valence-electron chi connectivity index (χ4n) is 8.60. The van der Waals surface area contributed by atoms with Gasteiger partial charge < -0.3 is 29.2 Å². The number of likely N-dealkylation sites (tertiary alicyclic amines) is 1. The second-order valence-electron chi connectivity index (χ2n) is 17.2. The van der Waals surface area contributed by atoms with Crippen molar-refractivity contribution in [2.45, 2.75) is 104 Å². The molecule has 0 radical (unpaired) electrons. The van der Waals surface area contributed by atoms with Crippen molar-refractivity contribution in [3.63, 3.8) is 0 Å². The van der Waals surface area contributed by atoms with Crippen LogP contribution in [0.3, 0.4) is 0 Å². The van der Waals surface area contributed by atoms with E-state index in [0.717, 1.165) is 51.1 Å². The van der Waals surface area contributed by atoms with Gasteiger partial charge in [0, 0.05) is 85.8 Å². The van der Waals surface area contributed by atoms with Crippen LogP contribution in [-0.4, -0.2) is 112 Å². The Labute approximate surface area is 403 Å². The Kier molecular flexibility index (Phi) is 19.4. The number of rotatable bonds is 8. The number of likely N-dealkylation sites (N-methyl/N-ethyl adjacent to an activating group) is 1.